The molecule has 2 aromatic rings. The van der Waals surface area contributed by atoms with E-state index in [1.165, 1.54) is 6.26 Å². The minimum absolute atomic E-state index is 0.0113. The zero-order valence-electron chi connectivity index (χ0n) is 13.7. The van der Waals surface area contributed by atoms with E-state index in [9.17, 15) is 9.90 Å². The van der Waals surface area contributed by atoms with E-state index in [1.807, 2.05) is 0 Å². The van der Waals surface area contributed by atoms with Gasteiger partial charge in [-0.25, -0.2) is 0 Å². The van der Waals surface area contributed by atoms with Crippen LogP contribution in [0.1, 0.15) is 26.2 Å². The summed E-state index contributed by atoms with van der Waals surface area (Å²) < 4.78 is 10.5. The molecule has 24 heavy (non-hydrogen) atoms. The molecule has 0 bridgehead atoms. The van der Waals surface area contributed by atoms with Crippen molar-refractivity contribution in [2.24, 2.45) is 5.41 Å². The molecule has 1 saturated heterocycles. The molecule has 0 radical (unpaired) electrons. The average molecular weight is 334 g/mol. The van der Waals surface area contributed by atoms with Crippen LogP contribution in [0.4, 0.5) is 6.01 Å². The summed E-state index contributed by atoms with van der Waals surface area (Å²) in [4.78, 5) is 14.2. The number of hydrogen-bond donors (Lipinski definition) is 2. The largest absolute Gasteiger partial charge is 0.459 e. The predicted molar refractivity (Wildman–Crippen MR) is 86.1 cm³/mol. The van der Waals surface area contributed by atoms with Gasteiger partial charge in [-0.3, -0.25) is 15.0 Å². The van der Waals surface area contributed by atoms with Crippen LogP contribution in [0, 0.1) is 5.41 Å². The highest BCUT2D eigenvalue weighted by Crippen LogP contribution is 2.34. The van der Waals surface area contributed by atoms with Gasteiger partial charge in [0.05, 0.1) is 12.8 Å². The highest BCUT2D eigenvalue weighted by molar-refractivity contribution is 5.90. The molecule has 130 valence electrons. The van der Waals surface area contributed by atoms with Gasteiger partial charge in [0.2, 0.25) is 5.91 Å². The van der Waals surface area contributed by atoms with Crippen LogP contribution in [0.3, 0.4) is 0 Å². The number of carbonyl (C=O) groups excluding carboxylic acids is 1. The standard InChI is InChI=1S/C16H22N4O4/c1-2-16(11-21)5-7-20(8-6-16)10-13(22)17-15-19-18-14(24-15)12-4-3-9-23-12/h3-4,9,21H,2,5-8,10-11H2,1H3,(H,17,19,22). The molecule has 2 aromatic heterocycles. The summed E-state index contributed by atoms with van der Waals surface area (Å²) in [6, 6.07) is 3.48. The summed E-state index contributed by atoms with van der Waals surface area (Å²) in [6.45, 7) is 4.17. The zero-order valence-corrected chi connectivity index (χ0v) is 13.7. The van der Waals surface area contributed by atoms with Crippen molar-refractivity contribution in [2.75, 3.05) is 31.6 Å². The van der Waals surface area contributed by atoms with Crippen molar-refractivity contribution in [3.05, 3.63) is 18.4 Å². The maximum absolute atomic E-state index is 12.1. The molecular weight excluding hydrogens is 312 g/mol. The number of carbonyl (C=O) groups is 1. The second kappa shape index (κ2) is 7.14. The molecule has 0 saturated carbocycles. The van der Waals surface area contributed by atoms with Gasteiger partial charge in [-0.15, -0.1) is 5.10 Å². The van der Waals surface area contributed by atoms with Crippen LogP contribution in [-0.2, 0) is 4.79 Å². The summed E-state index contributed by atoms with van der Waals surface area (Å²) in [5, 5.41) is 19.8. The van der Waals surface area contributed by atoms with E-state index in [0.29, 0.717) is 5.76 Å². The van der Waals surface area contributed by atoms with Crippen LogP contribution < -0.4 is 5.32 Å². The molecule has 0 aliphatic carbocycles. The Kier molecular flexibility index (Phi) is 4.96. The smallest absolute Gasteiger partial charge is 0.322 e. The first-order chi connectivity index (χ1) is 11.6. The van der Waals surface area contributed by atoms with Crippen LogP contribution >= 0.6 is 0 Å². The SMILES string of the molecule is CCC1(CO)CCN(CC(=O)Nc2nnc(-c3ccco3)o2)CC1. The maximum Gasteiger partial charge on any atom is 0.322 e. The van der Waals surface area contributed by atoms with Crippen molar-refractivity contribution in [2.45, 2.75) is 26.2 Å². The summed E-state index contributed by atoms with van der Waals surface area (Å²) in [5.74, 6) is 0.487. The molecular formula is C16H22N4O4. The van der Waals surface area contributed by atoms with Crippen molar-refractivity contribution in [3.63, 3.8) is 0 Å². The Hall–Kier alpha value is -2.19. The third-order valence-electron chi connectivity index (χ3n) is 4.77. The summed E-state index contributed by atoms with van der Waals surface area (Å²) >= 11 is 0. The number of rotatable bonds is 6. The molecule has 0 spiro atoms. The van der Waals surface area contributed by atoms with Crippen LogP contribution in [0.5, 0.6) is 0 Å². The van der Waals surface area contributed by atoms with Crippen molar-refractivity contribution < 1.29 is 18.7 Å². The number of piperidine rings is 1. The number of likely N-dealkylation sites (tertiary alicyclic amines) is 1. The summed E-state index contributed by atoms with van der Waals surface area (Å²) in [6.07, 6.45) is 4.27. The Labute approximate surface area is 139 Å². The lowest BCUT2D eigenvalue weighted by Crippen LogP contribution is -2.44. The van der Waals surface area contributed by atoms with Crippen LogP contribution in [0.2, 0.25) is 0 Å². The van der Waals surface area contributed by atoms with E-state index in [1.54, 1.807) is 12.1 Å². The fraction of sp³-hybridized carbons (Fsp3) is 0.562. The Morgan fingerprint density at radius 3 is 2.83 bits per heavy atom. The maximum atomic E-state index is 12.1. The van der Waals surface area contributed by atoms with Gasteiger partial charge in [-0.1, -0.05) is 12.0 Å². The monoisotopic (exact) mass is 334 g/mol. The molecule has 0 aromatic carbocycles. The lowest BCUT2D eigenvalue weighted by molar-refractivity contribution is -0.118. The number of amides is 1. The Morgan fingerprint density at radius 1 is 1.42 bits per heavy atom. The summed E-state index contributed by atoms with van der Waals surface area (Å²) in [7, 11) is 0. The number of aliphatic hydroxyl groups is 1. The highest BCUT2D eigenvalue weighted by Gasteiger charge is 2.32. The van der Waals surface area contributed by atoms with Gasteiger partial charge in [0.15, 0.2) is 5.76 Å². The first-order valence-electron chi connectivity index (χ1n) is 8.14. The second-order valence-corrected chi connectivity index (χ2v) is 6.23. The first-order valence-corrected chi connectivity index (χ1v) is 8.14. The minimum Gasteiger partial charge on any atom is -0.459 e. The zero-order chi connectivity index (χ0) is 17.0. The molecule has 3 heterocycles. The van der Waals surface area contributed by atoms with E-state index in [0.717, 1.165) is 32.4 Å². The number of nitrogens with zero attached hydrogens (tertiary/aromatic N) is 3. The predicted octanol–water partition coefficient (Wildman–Crippen LogP) is 1.75. The van der Waals surface area contributed by atoms with Crippen LogP contribution in [0.15, 0.2) is 27.2 Å². The highest BCUT2D eigenvalue weighted by atomic mass is 16.4. The van der Waals surface area contributed by atoms with E-state index in [-0.39, 0.29) is 36.4 Å². The van der Waals surface area contributed by atoms with E-state index in [4.69, 9.17) is 8.83 Å². The van der Waals surface area contributed by atoms with Gasteiger partial charge in [0, 0.05) is 6.61 Å². The third-order valence-corrected chi connectivity index (χ3v) is 4.77. The topological polar surface area (TPSA) is 105 Å². The molecule has 1 fully saturated rings. The molecule has 3 rings (SSSR count). The van der Waals surface area contributed by atoms with Gasteiger partial charge in [0.1, 0.15) is 0 Å². The van der Waals surface area contributed by atoms with Gasteiger partial charge < -0.3 is 13.9 Å². The molecule has 1 aliphatic heterocycles. The Bertz CT molecular complexity index is 653. The Morgan fingerprint density at radius 2 is 2.21 bits per heavy atom. The lowest BCUT2D eigenvalue weighted by Gasteiger charge is -2.39. The average Bonchev–Trinajstić information content (AvgIpc) is 3.27. The second-order valence-electron chi connectivity index (χ2n) is 6.23. The van der Waals surface area contributed by atoms with Gasteiger partial charge >= 0.3 is 6.01 Å². The number of nitrogens with one attached hydrogen (secondary N) is 1. The third kappa shape index (κ3) is 3.65. The van der Waals surface area contributed by atoms with Gasteiger partial charge in [-0.05, 0) is 49.9 Å². The minimum atomic E-state index is -0.197. The molecule has 1 amide bonds. The van der Waals surface area contributed by atoms with Gasteiger partial charge in [0.25, 0.3) is 5.89 Å². The van der Waals surface area contributed by atoms with Crippen molar-refractivity contribution in [3.8, 4) is 11.7 Å². The van der Waals surface area contributed by atoms with Crippen LogP contribution in [-0.4, -0.2) is 52.4 Å². The molecule has 8 heteroatoms. The number of anilines is 1. The molecule has 8 nitrogen and oxygen atoms in total. The number of aromatic nitrogens is 2. The molecule has 0 unspecified atom stereocenters. The number of hydrogen-bond acceptors (Lipinski definition) is 7. The Balaban J connectivity index is 1.50. The number of furan rings is 1. The molecule has 0 atom stereocenters. The van der Waals surface area contributed by atoms with Crippen molar-refractivity contribution >= 4 is 11.9 Å². The van der Waals surface area contributed by atoms with Crippen LogP contribution in [0.25, 0.3) is 11.7 Å². The van der Waals surface area contributed by atoms with E-state index in [2.05, 4.69) is 27.3 Å². The fourth-order valence-electron chi connectivity index (χ4n) is 2.94. The summed E-state index contributed by atoms with van der Waals surface area (Å²) in [5.41, 5.74) is 0.0113. The molecule has 2 N–H and O–H groups in total. The molecule has 1 aliphatic rings. The van der Waals surface area contributed by atoms with Crippen molar-refractivity contribution in [1.82, 2.24) is 15.1 Å². The first kappa shape index (κ1) is 16.7. The fourth-order valence-corrected chi connectivity index (χ4v) is 2.94. The number of aliphatic hydroxyl groups excluding tert-OH is 1. The van der Waals surface area contributed by atoms with E-state index >= 15 is 0 Å². The quantitative estimate of drug-likeness (QED) is 0.829. The van der Waals surface area contributed by atoms with E-state index < -0.39 is 0 Å². The van der Waals surface area contributed by atoms with Gasteiger partial charge in [-0.2, -0.15) is 0 Å². The normalized spacial score (nSPS) is 17.8. The lowest BCUT2D eigenvalue weighted by atomic mass is 9.77. The van der Waals surface area contributed by atoms with Crippen molar-refractivity contribution in [1.29, 1.82) is 0 Å².